The van der Waals surface area contributed by atoms with E-state index in [2.05, 4.69) is 5.32 Å². The first-order valence-electron chi connectivity index (χ1n) is 5.11. The van der Waals surface area contributed by atoms with Gasteiger partial charge in [0.25, 0.3) is 0 Å². The predicted molar refractivity (Wildman–Crippen MR) is 62.1 cm³/mol. The van der Waals surface area contributed by atoms with Gasteiger partial charge in [-0.2, -0.15) is 0 Å². The molecule has 0 aliphatic heterocycles. The van der Waals surface area contributed by atoms with Crippen LogP contribution in [0.5, 0.6) is 11.5 Å². The smallest absolute Gasteiger partial charge is 0.244 e. The Bertz CT molecular complexity index is 399. The molecule has 4 nitrogen and oxygen atoms in total. The molecule has 0 aliphatic carbocycles. The highest BCUT2D eigenvalue weighted by molar-refractivity contribution is 5.92. The Morgan fingerprint density at radius 2 is 2.19 bits per heavy atom. The number of phenolic OH excluding ortho intramolecular Hbond substituents is 2. The minimum atomic E-state index is -0.200. The summed E-state index contributed by atoms with van der Waals surface area (Å²) in [6.07, 6.45) is 3.73. The molecule has 0 radical (unpaired) electrons. The molecule has 0 saturated heterocycles. The summed E-state index contributed by atoms with van der Waals surface area (Å²) in [4.78, 5) is 11.2. The molecule has 1 amide bonds. The molecule has 0 heterocycles. The van der Waals surface area contributed by atoms with Gasteiger partial charge in [-0.1, -0.05) is 6.92 Å². The lowest BCUT2D eigenvalue weighted by atomic mass is 10.2. The van der Waals surface area contributed by atoms with Crippen molar-refractivity contribution in [1.82, 2.24) is 5.32 Å². The van der Waals surface area contributed by atoms with E-state index in [1.54, 1.807) is 0 Å². The van der Waals surface area contributed by atoms with Gasteiger partial charge >= 0.3 is 0 Å². The number of carbonyl (C=O) groups excluding carboxylic acids is 1. The van der Waals surface area contributed by atoms with Gasteiger partial charge in [0.2, 0.25) is 5.91 Å². The van der Waals surface area contributed by atoms with Crippen LogP contribution in [-0.4, -0.2) is 22.7 Å². The molecule has 0 unspecified atom stereocenters. The Morgan fingerprint density at radius 1 is 1.44 bits per heavy atom. The number of carbonyl (C=O) groups is 1. The highest BCUT2D eigenvalue weighted by Gasteiger charge is 1.99. The molecular weight excluding hydrogens is 206 g/mol. The summed E-state index contributed by atoms with van der Waals surface area (Å²) < 4.78 is 0. The monoisotopic (exact) mass is 221 g/mol. The van der Waals surface area contributed by atoms with Crippen LogP contribution in [0.4, 0.5) is 0 Å². The van der Waals surface area contributed by atoms with E-state index >= 15 is 0 Å². The Morgan fingerprint density at radius 3 is 2.81 bits per heavy atom. The van der Waals surface area contributed by atoms with Crippen LogP contribution in [-0.2, 0) is 4.79 Å². The third-order valence-corrected chi connectivity index (χ3v) is 1.98. The minimum absolute atomic E-state index is 0.00918. The normalized spacial score (nSPS) is 10.6. The van der Waals surface area contributed by atoms with E-state index in [1.807, 2.05) is 6.92 Å². The van der Waals surface area contributed by atoms with Gasteiger partial charge in [-0.05, 0) is 24.6 Å². The molecule has 0 saturated carbocycles. The van der Waals surface area contributed by atoms with Gasteiger partial charge in [0.15, 0.2) is 0 Å². The summed E-state index contributed by atoms with van der Waals surface area (Å²) in [6, 6.07) is 4.21. The van der Waals surface area contributed by atoms with E-state index in [1.165, 1.54) is 30.4 Å². The lowest BCUT2D eigenvalue weighted by Crippen LogP contribution is -2.21. The van der Waals surface area contributed by atoms with E-state index in [4.69, 9.17) is 5.11 Å². The van der Waals surface area contributed by atoms with Crippen LogP contribution in [0.2, 0.25) is 0 Å². The predicted octanol–water partition coefficient (Wildman–Crippen LogP) is 1.64. The molecule has 3 N–H and O–H groups in total. The average Bonchev–Trinajstić information content (AvgIpc) is 2.25. The summed E-state index contributed by atoms with van der Waals surface area (Å²) in [5, 5.41) is 21.2. The quantitative estimate of drug-likeness (QED) is 0.677. The third-order valence-electron chi connectivity index (χ3n) is 1.98. The highest BCUT2D eigenvalue weighted by Crippen LogP contribution is 2.23. The van der Waals surface area contributed by atoms with Crippen LogP contribution in [0, 0.1) is 0 Å². The number of aromatic hydroxyl groups is 2. The Labute approximate surface area is 94.2 Å². The van der Waals surface area contributed by atoms with Gasteiger partial charge in [-0.25, -0.2) is 0 Å². The maximum atomic E-state index is 11.2. The summed E-state index contributed by atoms with van der Waals surface area (Å²) in [6.45, 7) is 2.60. The van der Waals surface area contributed by atoms with Gasteiger partial charge in [0.05, 0.1) is 0 Å². The maximum absolute atomic E-state index is 11.2. The summed E-state index contributed by atoms with van der Waals surface area (Å²) in [7, 11) is 0. The van der Waals surface area contributed by atoms with E-state index in [0.717, 1.165) is 6.42 Å². The van der Waals surface area contributed by atoms with E-state index in [-0.39, 0.29) is 17.4 Å². The van der Waals surface area contributed by atoms with Crippen molar-refractivity contribution in [2.45, 2.75) is 13.3 Å². The molecule has 0 aromatic heterocycles. The van der Waals surface area contributed by atoms with Crippen molar-refractivity contribution < 1.29 is 15.0 Å². The zero-order valence-electron chi connectivity index (χ0n) is 9.10. The molecule has 0 spiro atoms. The van der Waals surface area contributed by atoms with Crippen molar-refractivity contribution in [2.24, 2.45) is 0 Å². The lowest BCUT2D eigenvalue weighted by Gasteiger charge is -2.00. The molecule has 4 heteroatoms. The second-order valence-electron chi connectivity index (χ2n) is 3.37. The zero-order valence-corrected chi connectivity index (χ0v) is 9.10. The van der Waals surface area contributed by atoms with Crippen LogP contribution in [0.1, 0.15) is 18.9 Å². The zero-order chi connectivity index (χ0) is 12.0. The number of amides is 1. The number of phenols is 2. The molecule has 16 heavy (non-hydrogen) atoms. The second kappa shape index (κ2) is 5.80. The van der Waals surface area contributed by atoms with E-state index in [0.29, 0.717) is 12.1 Å². The van der Waals surface area contributed by atoms with Crippen molar-refractivity contribution in [1.29, 1.82) is 0 Å². The number of hydrogen-bond donors (Lipinski definition) is 3. The topological polar surface area (TPSA) is 69.6 Å². The number of hydrogen-bond acceptors (Lipinski definition) is 3. The molecule has 1 aromatic carbocycles. The van der Waals surface area contributed by atoms with E-state index < -0.39 is 0 Å². The maximum Gasteiger partial charge on any atom is 0.244 e. The SMILES string of the molecule is CCCNC(=O)C=Cc1ccc(O)cc1O. The Hall–Kier alpha value is -1.97. The molecule has 0 atom stereocenters. The van der Waals surface area contributed by atoms with Gasteiger partial charge in [-0.3, -0.25) is 4.79 Å². The largest absolute Gasteiger partial charge is 0.508 e. The summed E-state index contributed by atoms with van der Waals surface area (Å²) in [5.74, 6) is -0.265. The van der Waals surface area contributed by atoms with Crippen molar-refractivity contribution in [2.75, 3.05) is 6.54 Å². The first-order chi connectivity index (χ1) is 7.63. The van der Waals surface area contributed by atoms with Gasteiger partial charge in [-0.15, -0.1) is 0 Å². The molecule has 1 rings (SSSR count). The molecular formula is C12H15NO3. The molecule has 0 aliphatic rings. The number of nitrogens with one attached hydrogen (secondary N) is 1. The van der Waals surface area contributed by atoms with Crippen LogP contribution < -0.4 is 5.32 Å². The summed E-state index contributed by atoms with van der Waals surface area (Å²) >= 11 is 0. The molecule has 0 fully saturated rings. The van der Waals surface area contributed by atoms with Crippen LogP contribution >= 0.6 is 0 Å². The molecule has 1 aromatic rings. The minimum Gasteiger partial charge on any atom is -0.508 e. The van der Waals surface area contributed by atoms with Crippen molar-refractivity contribution >= 4 is 12.0 Å². The first kappa shape index (κ1) is 12.1. The Kier molecular flexibility index (Phi) is 4.39. The first-order valence-corrected chi connectivity index (χ1v) is 5.11. The molecule has 0 bridgehead atoms. The third kappa shape index (κ3) is 3.65. The Balaban J connectivity index is 2.65. The van der Waals surface area contributed by atoms with Gasteiger partial charge in [0.1, 0.15) is 11.5 Å². The van der Waals surface area contributed by atoms with Crippen molar-refractivity contribution in [3.8, 4) is 11.5 Å². The van der Waals surface area contributed by atoms with Gasteiger partial charge < -0.3 is 15.5 Å². The number of benzene rings is 1. The van der Waals surface area contributed by atoms with Crippen LogP contribution in [0.15, 0.2) is 24.3 Å². The number of rotatable bonds is 4. The van der Waals surface area contributed by atoms with E-state index in [9.17, 15) is 9.90 Å². The van der Waals surface area contributed by atoms with Crippen molar-refractivity contribution in [3.63, 3.8) is 0 Å². The lowest BCUT2D eigenvalue weighted by molar-refractivity contribution is -0.116. The summed E-state index contributed by atoms with van der Waals surface area (Å²) in [5.41, 5.74) is 0.490. The fourth-order valence-corrected chi connectivity index (χ4v) is 1.15. The standard InChI is InChI=1S/C12H15NO3/c1-2-7-13-12(16)6-4-9-3-5-10(14)8-11(9)15/h3-6,8,14-15H,2,7H2,1H3,(H,13,16). The van der Waals surface area contributed by atoms with Gasteiger partial charge in [0, 0.05) is 24.3 Å². The fraction of sp³-hybridized carbons (Fsp3) is 0.250. The highest BCUT2D eigenvalue weighted by atomic mass is 16.3. The van der Waals surface area contributed by atoms with Crippen molar-refractivity contribution in [3.05, 3.63) is 29.8 Å². The average molecular weight is 221 g/mol. The van der Waals surface area contributed by atoms with Crippen LogP contribution in [0.3, 0.4) is 0 Å². The van der Waals surface area contributed by atoms with Crippen LogP contribution in [0.25, 0.3) is 6.08 Å². The second-order valence-corrected chi connectivity index (χ2v) is 3.37. The fourth-order valence-electron chi connectivity index (χ4n) is 1.15. The molecule has 86 valence electrons.